The summed E-state index contributed by atoms with van der Waals surface area (Å²) in [6.07, 6.45) is 10.9. The Morgan fingerprint density at radius 2 is 2.14 bits per heavy atom. The van der Waals surface area contributed by atoms with E-state index in [1.54, 1.807) is 0 Å². The molecular formula is C17H30N2OS. The minimum Gasteiger partial charge on any atom is -0.374 e. The van der Waals surface area contributed by atoms with Crippen molar-refractivity contribution in [2.24, 2.45) is 0 Å². The second kappa shape index (κ2) is 6.38. The molecule has 4 fully saturated rings. The molecule has 3 aliphatic heterocycles. The van der Waals surface area contributed by atoms with Crippen LogP contribution in [0.25, 0.3) is 0 Å². The van der Waals surface area contributed by atoms with Crippen LogP contribution in [0.5, 0.6) is 0 Å². The molecule has 1 saturated carbocycles. The molecule has 120 valence electrons. The highest BCUT2D eigenvalue weighted by molar-refractivity contribution is 7.99. The number of hydrogen-bond acceptors (Lipinski definition) is 4. The fourth-order valence-corrected chi connectivity index (χ4v) is 5.84. The molecule has 4 aliphatic rings. The smallest absolute Gasteiger partial charge is 0.0795 e. The number of rotatable bonds is 4. The molecule has 0 aromatic rings. The average molecular weight is 311 g/mol. The van der Waals surface area contributed by atoms with Crippen LogP contribution in [0.1, 0.15) is 51.4 Å². The summed E-state index contributed by atoms with van der Waals surface area (Å²) >= 11 is 2.10. The summed E-state index contributed by atoms with van der Waals surface area (Å²) in [5.41, 5.74) is 0.236. The van der Waals surface area contributed by atoms with E-state index in [0.717, 1.165) is 24.7 Å². The molecule has 21 heavy (non-hydrogen) atoms. The Balaban J connectivity index is 1.39. The molecule has 0 bridgehead atoms. The van der Waals surface area contributed by atoms with E-state index in [1.807, 2.05) is 0 Å². The van der Waals surface area contributed by atoms with Gasteiger partial charge in [-0.25, -0.2) is 0 Å². The zero-order valence-corrected chi connectivity index (χ0v) is 14.0. The molecule has 4 rings (SSSR count). The second-order valence-corrected chi connectivity index (χ2v) is 8.66. The van der Waals surface area contributed by atoms with Crippen LogP contribution in [0.15, 0.2) is 0 Å². The van der Waals surface area contributed by atoms with Crippen molar-refractivity contribution in [1.82, 2.24) is 10.2 Å². The van der Waals surface area contributed by atoms with Crippen molar-refractivity contribution in [3.8, 4) is 0 Å². The standard InChI is InChI=1S/C17H30N2OS/c1-2-8-19(16(3-1)12-18-14-4-5-14)15-6-9-20-17(11-15)7-10-21-13-17/h14-16,18H,1-13H2. The van der Waals surface area contributed by atoms with Gasteiger partial charge in [-0.15, -0.1) is 0 Å². The van der Waals surface area contributed by atoms with Gasteiger partial charge in [0.25, 0.3) is 0 Å². The molecule has 1 N–H and O–H groups in total. The minimum absolute atomic E-state index is 0.236. The third-order valence-corrected chi connectivity index (χ3v) is 7.12. The first-order chi connectivity index (χ1) is 10.3. The van der Waals surface area contributed by atoms with E-state index >= 15 is 0 Å². The Kier molecular flexibility index (Phi) is 4.50. The van der Waals surface area contributed by atoms with Crippen LogP contribution < -0.4 is 5.32 Å². The van der Waals surface area contributed by atoms with Crippen molar-refractivity contribution in [1.29, 1.82) is 0 Å². The summed E-state index contributed by atoms with van der Waals surface area (Å²) in [6, 6.07) is 2.42. The lowest BCUT2D eigenvalue weighted by atomic mass is 9.87. The summed E-state index contributed by atoms with van der Waals surface area (Å²) in [7, 11) is 0. The fourth-order valence-electron chi connectivity index (χ4n) is 4.46. The lowest BCUT2D eigenvalue weighted by Crippen LogP contribution is -2.55. The minimum atomic E-state index is 0.236. The topological polar surface area (TPSA) is 24.5 Å². The molecule has 0 aromatic carbocycles. The lowest BCUT2D eigenvalue weighted by molar-refractivity contribution is -0.0984. The van der Waals surface area contributed by atoms with E-state index < -0.39 is 0 Å². The SMILES string of the molecule is C1CCN(C2CCOC3(CCSC3)C2)C(CNC2CC2)C1. The number of thioether (sulfide) groups is 1. The number of ether oxygens (including phenoxy) is 1. The quantitative estimate of drug-likeness (QED) is 0.863. The monoisotopic (exact) mass is 310 g/mol. The maximum Gasteiger partial charge on any atom is 0.0795 e. The number of nitrogens with one attached hydrogen (secondary N) is 1. The average Bonchev–Trinajstić information content (AvgIpc) is 3.26. The summed E-state index contributed by atoms with van der Waals surface area (Å²) in [5, 5.41) is 3.78. The Hall–Kier alpha value is 0.230. The zero-order valence-electron chi connectivity index (χ0n) is 13.2. The van der Waals surface area contributed by atoms with Crippen LogP contribution in [-0.2, 0) is 4.74 Å². The van der Waals surface area contributed by atoms with Gasteiger partial charge in [-0.3, -0.25) is 4.90 Å². The van der Waals surface area contributed by atoms with Gasteiger partial charge in [0.05, 0.1) is 5.60 Å². The van der Waals surface area contributed by atoms with E-state index in [1.165, 1.54) is 76.0 Å². The zero-order chi connectivity index (χ0) is 14.1. The maximum absolute atomic E-state index is 6.23. The molecule has 3 unspecified atom stereocenters. The predicted molar refractivity (Wildman–Crippen MR) is 89.0 cm³/mol. The Labute approximate surface area is 133 Å². The molecule has 0 aromatic heterocycles. The van der Waals surface area contributed by atoms with Crippen molar-refractivity contribution < 1.29 is 4.74 Å². The van der Waals surface area contributed by atoms with E-state index in [0.29, 0.717) is 0 Å². The lowest BCUT2D eigenvalue weighted by Gasteiger charge is -2.47. The number of piperidine rings is 1. The predicted octanol–water partition coefficient (Wildman–Crippen LogP) is 2.65. The first-order valence-corrected chi connectivity index (χ1v) is 10.2. The highest BCUT2D eigenvalue weighted by Gasteiger charge is 2.43. The van der Waals surface area contributed by atoms with E-state index in [-0.39, 0.29) is 5.60 Å². The van der Waals surface area contributed by atoms with Gasteiger partial charge in [0.2, 0.25) is 0 Å². The van der Waals surface area contributed by atoms with Crippen molar-refractivity contribution in [3.63, 3.8) is 0 Å². The third-order valence-electron chi connectivity index (χ3n) is 5.90. The van der Waals surface area contributed by atoms with Gasteiger partial charge in [-0.2, -0.15) is 11.8 Å². The largest absolute Gasteiger partial charge is 0.374 e. The molecule has 4 heteroatoms. The normalized spacial score (nSPS) is 41.7. The number of nitrogens with zero attached hydrogens (tertiary/aromatic N) is 1. The van der Waals surface area contributed by atoms with Crippen molar-refractivity contribution in [2.45, 2.75) is 75.1 Å². The molecule has 1 spiro atoms. The van der Waals surface area contributed by atoms with Gasteiger partial charge in [-0.05, 0) is 57.2 Å². The highest BCUT2D eigenvalue weighted by Crippen LogP contribution is 2.40. The summed E-state index contributed by atoms with van der Waals surface area (Å²) in [5.74, 6) is 2.54. The Bertz CT molecular complexity index is 355. The Morgan fingerprint density at radius 1 is 1.19 bits per heavy atom. The molecule has 0 amide bonds. The maximum atomic E-state index is 6.23. The molecule has 3 heterocycles. The number of likely N-dealkylation sites (tertiary alicyclic amines) is 1. The molecule has 3 saturated heterocycles. The van der Waals surface area contributed by atoms with Gasteiger partial charge >= 0.3 is 0 Å². The first kappa shape index (κ1) is 14.8. The summed E-state index contributed by atoms with van der Waals surface area (Å²) in [4.78, 5) is 2.87. The van der Waals surface area contributed by atoms with Crippen LogP contribution in [0.4, 0.5) is 0 Å². The van der Waals surface area contributed by atoms with Gasteiger partial charge in [0, 0.05) is 37.0 Å². The van der Waals surface area contributed by atoms with E-state index in [4.69, 9.17) is 4.74 Å². The van der Waals surface area contributed by atoms with Crippen molar-refractivity contribution in [2.75, 3.05) is 31.2 Å². The van der Waals surface area contributed by atoms with Crippen LogP contribution in [-0.4, -0.2) is 59.8 Å². The molecule has 3 atom stereocenters. The van der Waals surface area contributed by atoms with Crippen molar-refractivity contribution in [3.05, 3.63) is 0 Å². The molecule has 0 radical (unpaired) electrons. The summed E-state index contributed by atoms with van der Waals surface area (Å²) in [6.45, 7) is 3.54. The molecule has 3 nitrogen and oxygen atoms in total. The first-order valence-electron chi connectivity index (χ1n) is 9.06. The van der Waals surface area contributed by atoms with Gasteiger partial charge in [0.15, 0.2) is 0 Å². The van der Waals surface area contributed by atoms with Crippen molar-refractivity contribution >= 4 is 11.8 Å². The third kappa shape index (κ3) is 3.44. The highest BCUT2D eigenvalue weighted by atomic mass is 32.2. The van der Waals surface area contributed by atoms with Gasteiger partial charge < -0.3 is 10.1 Å². The Morgan fingerprint density at radius 3 is 2.95 bits per heavy atom. The fraction of sp³-hybridized carbons (Fsp3) is 1.00. The van der Waals surface area contributed by atoms with Crippen LogP contribution in [0.3, 0.4) is 0 Å². The van der Waals surface area contributed by atoms with Crippen LogP contribution in [0.2, 0.25) is 0 Å². The van der Waals surface area contributed by atoms with E-state index in [9.17, 15) is 0 Å². The van der Waals surface area contributed by atoms with Crippen LogP contribution in [0, 0.1) is 0 Å². The molecule has 1 aliphatic carbocycles. The van der Waals surface area contributed by atoms with E-state index in [2.05, 4.69) is 22.0 Å². The second-order valence-electron chi connectivity index (χ2n) is 7.55. The van der Waals surface area contributed by atoms with Gasteiger partial charge in [-0.1, -0.05) is 6.42 Å². The number of hydrogen-bond donors (Lipinski definition) is 1. The van der Waals surface area contributed by atoms with Crippen LogP contribution >= 0.6 is 11.8 Å². The summed E-state index contributed by atoms with van der Waals surface area (Å²) < 4.78 is 6.23. The van der Waals surface area contributed by atoms with Gasteiger partial charge in [0.1, 0.15) is 0 Å². The molecular weight excluding hydrogens is 280 g/mol.